The summed E-state index contributed by atoms with van der Waals surface area (Å²) < 4.78 is 27.3. The Bertz CT molecular complexity index is 805. The van der Waals surface area contributed by atoms with Gasteiger partial charge in [-0.3, -0.25) is 4.79 Å². The third kappa shape index (κ3) is 5.93. The molecule has 0 bridgehead atoms. The van der Waals surface area contributed by atoms with E-state index < -0.39 is 15.6 Å². The molecule has 28 heavy (non-hydrogen) atoms. The predicted molar refractivity (Wildman–Crippen MR) is 109 cm³/mol. The van der Waals surface area contributed by atoms with Crippen LogP contribution in [-0.2, 0) is 14.8 Å². The first kappa shape index (κ1) is 22.2. The maximum absolute atomic E-state index is 12.5. The fourth-order valence-corrected chi connectivity index (χ4v) is 4.46. The second kappa shape index (κ2) is 8.48. The van der Waals surface area contributed by atoms with Crippen molar-refractivity contribution in [2.45, 2.75) is 44.0 Å². The SMILES string of the molecule is CN(C)C(=O)N1CCC(C(=O)Nc2ccc(S(=O)(=O)NC(C)(C)C)cc2)CC1. The highest BCUT2D eigenvalue weighted by Gasteiger charge is 2.28. The van der Waals surface area contributed by atoms with Crippen molar-refractivity contribution < 1.29 is 18.0 Å². The third-order valence-corrected chi connectivity index (χ3v) is 6.17. The molecule has 156 valence electrons. The third-order valence-electron chi connectivity index (χ3n) is 4.39. The van der Waals surface area contributed by atoms with Gasteiger partial charge in [0.25, 0.3) is 0 Å². The summed E-state index contributed by atoms with van der Waals surface area (Å²) in [5.74, 6) is -0.280. The lowest BCUT2D eigenvalue weighted by atomic mass is 9.96. The van der Waals surface area contributed by atoms with Gasteiger partial charge in [-0.2, -0.15) is 0 Å². The molecular weight excluding hydrogens is 380 g/mol. The molecule has 0 atom stereocenters. The number of anilines is 1. The van der Waals surface area contributed by atoms with E-state index in [9.17, 15) is 18.0 Å². The van der Waals surface area contributed by atoms with Gasteiger partial charge in [0.05, 0.1) is 4.90 Å². The zero-order valence-corrected chi connectivity index (χ0v) is 18.0. The van der Waals surface area contributed by atoms with Gasteiger partial charge in [0, 0.05) is 44.3 Å². The average Bonchev–Trinajstić information content (AvgIpc) is 2.59. The molecule has 0 radical (unpaired) electrons. The second-order valence-electron chi connectivity index (χ2n) is 8.31. The zero-order valence-electron chi connectivity index (χ0n) is 17.2. The smallest absolute Gasteiger partial charge is 0.319 e. The number of sulfonamides is 1. The van der Waals surface area contributed by atoms with Crippen LogP contribution in [0.2, 0.25) is 0 Å². The molecule has 1 heterocycles. The standard InChI is InChI=1S/C19H30N4O4S/c1-19(2,3)21-28(26,27)16-8-6-15(7-9-16)20-17(24)14-10-12-23(13-11-14)18(25)22(4)5/h6-9,14,21H,10-13H2,1-5H3,(H,20,24). The van der Waals surface area contributed by atoms with Gasteiger partial charge in [-0.15, -0.1) is 0 Å². The molecule has 1 fully saturated rings. The van der Waals surface area contributed by atoms with Crippen LogP contribution in [0.1, 0.15) is 33.6 Å². The quantitative estimate of drug-likeness (QED) is 0.794. The highest BCUT2D eigenvalue weighted by atomic mass is 32.2. The number of rotatable bonds is 4. The molecule has 9 heteroatoms. The van der Waals surface area contributed by atoms with Gasteiger partial charge in [0.15, 0.2) is 0 Å². The topological polar surface area (TPSA) is 98.8 Å². The van der Waals surface area contributed by atoms with Gasteiger partial charge in [0.2, 0.25) is 15.9 Å². The number of nitrogens with zero attached hydrogens (tertiary/aromatic N) is 2. The van der Waals surface area contributed by atoms with Crippen molar-refractivity contribution in [3.05, 3.63) is 24.3 Å². The Kier molecular flexibility index (Phi) is 6.71. The Morgan fingerprint density at radius 2 is 1.61 bits per heavy atom. The van der Waals surface area contributed by atoms with Crippen LogP contribution in [0.25, 0.3) is 0 Å². The molecule has 0 aliphatic carbocycles. The van der Waals surface area contributed by atoms with Crippen molar-refractivity contribution in [2.24, 2.45) is 5.92 Å². The van der Waals surface area contributed by atoms with Gasteiger partial charge in [0.1, 0.15) is 0 Å². The van der Waals surface area contributed by atoms with Crippen LogP contribution in [0.4, 0.5) is 10.5 Å². The highest BCUT2D eigenvalue weighted by Crippen LogP contribution is 2.21. The van der Waals surface area contributed by atoms with Crippen LogP contribution in [-0.4, -0.2) is 62.9 Å². The molecule has 0 spiro atoms. The second-order valence-corrected chi connectivity index (χ2v) is 9.99. The summed E-state index contributed by atoms with van der Waals surface area (Å²) in [6, 6.07) is 6.07. The molecule has 0 aromatic heterocycles. The molecule has 0 unspecified atom stereocenters. The van der Waals surface area contributed by atoms with Gasteiger partial charge in [-0.25, -0.2) is 17.9 Å². The number of likely N-dealkylation sites (tertiary alicyclic amines) is 1. The van der Waals surface area contributed by atoms with Crippen molar-refractivity contribution in [3.63, 3.8) is 0 Å². The minimum Gasteiger partial charge on any atom is -0.331 e. The van der Waals surface area contributed by atoms with E-state index in [2.05, 4.69) is 10.0 Å². The average molecular weight is 411 g/mol. The normalized spacial score (nSPS) is 16.0. The summed E-state index contributed by atoms with van der Waals surface area (Å²) >= 11 is 0. The summed E-state index contributed by atoms with van der Waals surface area (Å²) in [5.41, 5.74) is -0.0272. The molecule has 1 saturated heterocycles. The van der Waals surface area contributed by atoms with Gasteiger partial charge >= 0.3 is 6.03 Å². The number of hydrogen-bond acceptors (Lipinski definition) is 4. The number of nitrogens with one attached hydrogen (secondary N) is 2. The van der Waals surface area contributed by atoms with Crippen LogP contribution < -0.4 is 10.0 Å². The minimum absolute atomic E-state index is 0.0421. The van der Waals surface area contributed by atoms with Crippen LogP contribution in [0.15, 0.2) is 29.2 Å². The Hall–Kier alpha value is -2.13. The minimum atomic E-state index is -3.61. The van der Waals surface area contributed by atoms with E-state index in [1.807, 2.05) is 0 Å². The van der Waals surface area contributed by atoms with E-state index in [0.717, 1.165) is 0 Å². The number of carbonyl (C=O) groups excluding carboxylic acids is 2. The van der Waals surface area contributed by atoms with E-state index in [1.54, 1.807) is 51.9 Å². The highest BCUT2D eigenvalue weighted by molar-refractivity contribution is 7.89. The number of benzene rings is 1. The first-order chi connectivity index (χ1) is 12.9. The maximum atomic E-state index is 12.5. The van der Waals surface area contributed by atoms with Gasteiger partial charge in [-0.05, 0) is 57.9 Å². The van der Waals surface area contributed by atoms with E-state index in [0.29, 0.717) is 31.6 Å². The molecular formula is C19H30N4O4S. The van der Waals surface area contributed by atoms with Crippen LogP contribution in [0.5, 0.6) is 0 Å². The van der Waals surface area contributed by atoms with E-state index in [-0.39, 0.29) is 22.8 Å². The fraction of sp³-hybridized carbons (Fsp3) is 0.579. The maximum Gasteiger partial charge on any atom is 0.319 e. The van der Waals surface area contributed by atoms with Gasteiger partial charge in [-0.1, -0.05) is 0 Å². The van der Waals surface area contributed by atoms with Crippen molar-refractivity contribution >= 4 is 27.6 Å². The van der Waals surface area contributed by atoms with Crippen molar-refractivity contribution in [2.75, 3.05) is 32.5 Å². The largest absolute Gasteiger partial charge is 0.331 e. The molecule has 1 aliphatic rings. The van der Waals surface area contributed by atoms with Crippen LogP contribution in [0, 0.1) is 5.92 Å². The summed E-state index contributed by atoms with van der Waals surface area (Å²) in [5, 5.41) is 2.84. The number of piperidine rings is 1. The lowest BCUT2D eigenvalue weighted by Crippen LogP contribution is -2.45. The Morgan fingerprint density at radius 3 is 2.07 bits per heavy atom. The number of hydrogen-bond donors (Lipinski definition) is 2. The fourth-order valence-electron chi connectivity index (χ4n) is 3.04. The van der Waals surface area contributed by atoms with Crippen molar-refractivity contribution in [1.82, 2.24) is 14.5 Å². The van der Waals surface area contributed by atoms with Crippen LogP contribution >= 0.6 is 0 Å². The first-order valence-electron chi connectivity index (χ1n) is 9.30. The number of amides is 3. The van der Waals surface area contributed by atoms with E-state index in [1.165, 1.54) is 17.0 Å². The number of carbonyl (C=O) groups is 2. The number of urea groups is 1. The lowest BCUT2D eigenvalue weighted by Gasteiger charge is -2.33. The summed E-state index contributed by atoms with van der Waals surface area (Å²) in [7, 11) is -0.189. The molecule has 2 N–H and O–H groups in total. The molecule has 1 aromatic carbocycles. The first-order valence-corrected chi connectivity index (χ1v) is 10.8. The molecule has 0 saturated carbocycles. The lowest BCUT2D eigenvalue weighted by molar-refractivity contribution is -0.121. The summed E-state index contributed by atoms with van der Waals surface area (Å²) in [6.45, 7) is 6.42. The van der Waals surface area contributed by atoms with E-state index >= 15 is 0 Å². The van der Waals surface area contributed by atoms with E-state index in [4.69, 9.17) is 0 Å². The van der Waals surface area contributed by atoms with Gasteiger partial charge < -0.3 is 15.1 Å². The Morgan fingerprint density at radius 1 is 1.07 bits per heavy atom. The molecule has 1 aliphatic heterocycles. The van der Waals surface area contributed by atoms with Crippen molar-refractivity contribution in [3.8, 4) is 0 Å². The molecule has 8 nitrogen and oxygen atoms in total. The summed E-state index contributed by atoms with van der Waals surface area (Å²) in [4.78, 5) is 27.9. The summed E-state index contributed by atoms with van der Waals surface area (Å²) in [6.07, 6.45) is 1.21. The van der Waals surface area contributed by atoms with Crippen molar-refractivity contribution in [1.29, 1.82) is 0 Å². The molecule has 2 rings (SSSR count). The monoisotopic (exact) mass is 410 g/mol. The van der Waals surface area contributed by atoms with Crippen LogP contribution in [0.3, 0.4) is 0 Å². The Balaban J connectivity index is 1.94. The molecule has 3 amide bonds. The Labute approximate surface area is 167 Å². The zero-order chi connectivity index (χ0) is 21.1. The molecule has 1 aromatic rings. The predicted octanol–water partition coefficient (Wildman–Crippen LogP) is 2.10.